The van der Waals surface area contributed by atoms with Crippen molar-refractivity contribution in [1.82, 2.24) is 25.3 Å². The maximum Gasteiger partial charge on any atom is 0.335 e. The van der Waals surface area contributed by atoms with E-state index in [1.807, 2.05) is 45.9 Å². The first-order chi connectivity index (χ1) is 23.3. The number of carboxylic acids is 1. The number of hydrogen-bond acceptors (Lipinski definition) is 10. The van der Waals surface area contributed by atoms with Crippen molar-refractivity contribution >= 4 is 21.9 Å². The number of aryl methyl sites for hydroxylation is 2. The van der Waals surface area contributed by atoms with Gasteiger partial charge in [0.1, 0.15) is 11.9 Å². The molecule has 2 unspecified atom stereocenters. The number of rotatable bonds is 12. The number of nitrogens with zero attached hydrogens (tertiary/aromatic N) is 4. The standard InChI is InChI=1S/C36H44N6O6S/c1-21(2)16-29-31(15-9-14-28(39-29)34-37-19-26(20-38-34)47-22(3)4)48-32-18-30(33-23(5)10-7-11-24(33)6)40-36(41-32)42-49(45,46)27-13-8-12-25(17-27)35(43)44/h7-8,10-13,17-22,28-29,31,39H,9,14-16H2,1-6H3,(H,43,44)(H,40,41,42)/t28?,29-,31?/m1/s1. The zero-order chi connectivity index (χ0) is 35.3. The molecule has 3 atom stereocenters. The Morgan fingerprint density at radius 2 is 1.69 bits per heavy atom. The van der Waals surface area contributed by atoms with E-state index in [4.69, 9.17) is 9.47 Å². The molecule has 1 saturated heterocycles. The van der Waals surface area contributed by atoms with Crippen molar-refractivity contribution in [2.75, 3.05) is 4.72 Å². The second-order valence-corrected chi connectivity index (χ2v) is 14.8. The van der Waals surface area contributed by atoms with Gasteiger partial charge in [0.2, 0.25) is 11.8 Å². The number of sulfonamides is 1. The molecule has 0 aliphatic carbocycles. The molecule has 1 aliphatic heterocycles. The quantitative estimate of drug-likeness (QED) is 0.148. The minimum Gasteiger partial charge on any atom is -0.488 e. The van der Waals surface area contributed by atoms with Crippen LogP contribution < -0.4 is 19.5 Å². The van der Waals surface area contributed by atoms with Gasteiger partial charge in [0.15, 0.2) is 5.75 Å². The number of hydrogen-bond donors (Lipinski definition) is 3. The average molecular weight is 689 g/mol. The molecule has 0 spiro atoms. The molecule has 1 fully saturated rings. The number of aromatic carboxylic acids is 1. The number of ether oxygens (including phenoxy) is 2. The molecule has 12 nitrogen and oxygen atoms in total. The maximum absolute atomic E-state index is 13.5. The third-order valence-corrected chi connectivity index (χ3v) is 9.56. The molecule has 1 aliphatic rings. The van der Waals surface area contributed by atoms with E-state index < -0.39 is 16.0 Å². The van der Waals surface area contributed by atoms with E-state index in [0.717, 1.165) is 48.4 Å². The zero-order valence-corrected chi connectivity index (χ0v) is 29.5. The molecular weight excluding hydrogens is 644 g/mol. The number of benzene rings is 2. The van der Waals surface area contributed by atoms with Crippen molar-refractivity contribution in [3.8, 4) is 22.9 Å². The van der Waals surface area contributed by atoms with Crippen LogP contribution in [0.15, 0.2) is 65.8 Å². The molecule has 49 heavy (non-hydrogen) atoms. The summed E-state index contributed by atoms with van der Waals surface area (Å²) in [6.07, 6.45) is 6.30. The summed E-state index contributed by atoms with van der Waals surface area (Å²) in [6, 6.07) is 12.6. The summed E-state index contributed by atoms with van der Waals surface area (Å²) in [7, 11) is -4.25. The number of carboxylic acid groups (broad SMARTS) is 1. The van der Waals surface area contributed by atoms with Gasteiger partial charge in [-0.2, -0.15) is 4.98 Å². The summed E-state index contributed by atoms with van der Waals surface area (Å²) >= 11 is 0. The number of anilines is 1. The Bertz CT molecular complexity index is 1860. The molecule has 2 aromatic heterocycles. The monoisotopic (exact) mass is 688 g/mol. The average Bonchev–Trinajstić information content (AvgIpc) is 3.22. The summed E-state index contributed by atoms with van der Waals surface area (Å²) in [6.45, 7) is 12.1. The Morgan fingerprint density at radius 3 is 2.35 bits per heavy atom. The molecule has 0 amide bonds. The molecule has 0 bridgehead atoms. The largest absolute Gasteiger partial charge is 0.488 e. The van der Waals surface area contributed by atoms with Crippen LogP contribution in [0.1, 0.15) is 86.7 Å². The first kappa shape index (κ1) is 35.7. The Labute approximate surface area is 287 Å². The van der Waals surface area contributed by atoms with Gasteiger partial charge in [-0.25, -0.2) is 32.9 Å². The van der Waals surface area contributed by atoms with Crippen LogP contribution in [0.25, 0.3) is 11.3 Å². The summed E-state index contributed by atoms with van der Waals surface area (Å²) in [5, 5.41) is 13.2. The van der Waals surface area contributed by atoms with Crippen molar-refractivity contribution in [3.05, 3.63) is 83.4 Å². The maximum atomic E-state index is 13.5. The van der Waals surface area contributed by atoms with Crippen LogP contribution in [0.4, 0.5) is 5.95 Å². The Balaban J connectivity index is 1.48. The first-order valence-electron chi connectivity index (χ1n) is 16.5. The highest BCUT2D eigenvalue weighted by Crippen LogP contribution is 2.32. The van der Waals surface area contributed by atoms with E-state index in [2.05, 4.69) is 43.8 Å². The minimum atomic E-state index is -4.25. The van der Waals surface area contributed by atoms with Crippen molar-refractivity contribution in [1.29, 1.82) is 0 Å². The lowest BCUT2D eigenvalue weighted by atomic mass is 9.97. The summed E-state index contributed by atoms with van der Waals surface area (Å²) in [5.41, 5.74) is 3.08. The highest BCUT2D eigenvalue weighted by molar-refractivity contribution is 7.92. The fourth-order valence-electron chi connectivity index (χ4n) is 6.09. The van der Waals surface area contributed by atoms with Crippen LogP contribution in [-0.4, -0.2) is 57.7 Å². The van der Waals surface area contributed by atoms with Gasteiger partial charge in [0.05, 0.1) is 40.7 Å². The van der Waals surface area contributed by atoms with Gasteiger partial charge in [-0.05, 0) is 88.6 Å². The fourth-order valence-corrected chi connectivity index (χ4v) is 7.08. The molecule has 3 N–H and O–H groups in total. The number of nitrogens with one attached hydrogen (secondary N) is 2. The second kappa shape index (κ2) is 15.3. The lowest BCUT2D eigenvalue weighted by Crippen LogP contribution is -2.44. The molecular formula is C36H44N6O6S. The molecule has 3 heterocycles. The van der Waals surface area contributed by atoms with Crippen LogP contribution in [0, 0.1) is 19.8 Å². The van der Waals surface area contributed by atoms with E-state index >= 15 is 0 Å². The summed E-state index contributed by atoms with van der Waals surface area (Å²) in [5.74, 6) is 0.456. The van der Waals surface area contributed by atoms with E-state index in [1.165, 1.54) is 18.2 Å². The highest BCUT2D eigenvalue weighted by Gasteiger charge is 2.32. The predicted octanol–water partition coefficient (Wildman–Crippen LogP) is 6.51. The van der Waals surface area contributed by atoms with E-state index in [-0.39, 0.29) is 46.6 Å². The van der Waals surface area contributed by atoms with Crippen LogP contribution >= 0.6 is 0 Å². The minimum absolute atomic E-state index is 0.0229. The SMILES string of the molecule is Cc1cccc(C)c1-c1cc(OC2CCCC(c3ncc(OC(C)C)cn3)N[C@@H]2CC(C)C)nc(NS(=O)(=O)c2cccc(C(=O)O)c2)n1. The molecule has 5 rings (SSSR count). The van der Waals surface area contributed by atoms with E-state index in [0.29, 0.717) is 23.2 Å². The van der Waals surface area contributed by atoms with E-state index in [9.17, 15) is 18.3 Å². The van der Waals surface area contributed by atoms with Gasteiger partial charge < -0.3 is 19.9 Å². The van der Waals surface area contributed by atoms with Gasteiger partial charge >= 0.3 is 5.97 Å². The van der Waals surface area contributed by atoms with Crippen molar-refractivity contribution in [2.45, 2.75) is 96.4 Å². The van der Waals surface area contributed by atoms with Crippen LogP contribution in [0.3, 0.4) is 0 Å². The molecule has 4 aromatic rings. The van der Waals surface area contributed by atoms with Crippen LogP contribution in [0.5, 0.6) is 11.6 Å². The Hall–Kier alpha value is -4.62. The van der Waals surface area contributed by atoms with Crippen LogP contribution in [0.2, 0.25) is 0 Å². The summed E-state index contributed by atoms with van der Waals surface area (Å²) in [4.78, 5) is 29.7. The smallest absolute Gasteiger partial charge is 0.335 e. The third-order valence-electron chi connectivity index (χ3n) is 8.23. The number of aromatic nitrogens is 4. The van der Waals surface area contributed by atoms with Gasteiger partial charge in [0.25, 0.3) is 10.0 Å². The highest BCUT2D eigenvalue weighted by atomic mass is 32.2. The van der Waals surface area contributed by atoms with Crippen molar-refractivity contribution < 1.29 is 27.8 Å². The molecule has 0 radical (unpaired) electrons. The molecule has 0 saturated carbocycles. The lowest BCUT2D eigenvalue weighted by Gasteiger charge is -2.30. The predicted molar refractivity (Wildman–Crippen MR) is 186 cm³/mol. The Kier molecular flexibility index (Phi) is 11.1. The second-order valence-electron chi connectivity index (χ2n) is 13.1. The fraction of sp³-hybridized carbons (Fsp3) is 0.417. The molecule has 2 aromatic carbocycles. The number of carbonyl (C=O) groups is 1. The molecule has 13 heteroatoms. The third kappa shape index (κ3) is 9.09. The van der Waals surface area contributed by atoms with Crippen LogP contribution in [-0.2, 0) is 10.0 Å². The lowest BCUT2D eigenvalue weighted by molar-refractivity contribution is 0.0696. The van der Waals surface area contributed by atoms with Gasteiger partial charge in [-0.15, -0.1) is 0 Å². The van der Waals surface area contributed by atoms with Crippen molar-refractivity contribution in [3.63, 3.8) is 0 Å². The zero-order valence-electron chi connectivity index (χ0n) is 28.7. The first-order valence-corrected chi connectivity index (χ1v) is 18.0. The van der Waals surface area contributed by atoms with Gasteiger partial charge in [0, 0.05) is 17.7 Å². The van der Waals surface area contributed by atoms with Gasteiger partial charge in [-0.1, -0.05) is 38.1 Å². The van der Waals surface area contributed by atoms with Gasteiger partial charge in [-0.3, -0.25) is 0 Å². The summed E-state index contributed by atoms with van der Waals surface area (Å²) < 4.78 is 41.8. The molecule has 260 valence electrons. The van der Waals surface area contributed by atoms with Crippen molar-refractivity contribution in [2.24, 2.45) is 5.92 Å². The normalized spacial score (nSPS) is 18.2. The topological polar surface area (TPSA) is 166 Å². The Morgan fingerprint density at radius 1 is 1.00 bits per heavy atom. The van der Waals surface area contributed by atoms with E-state index in [1.54, 1.807) is 18.5 Å².